The van der Waals surface area contributed by atoms with Crippen LogP contribution in [0.2, 0.25) is 0 Å². The molecule has 1 atom stereocenters. The fraction of sp³-hybridized carbons (Fsp3) is 0.412. The third-order valence-corrected chi connectivity index (χ3v) is 3.49. The second-order valence-corrected chi connectivity index (χ2v) is 5.27. The maximum Gasteiger partial charge on any atom is 0.408 e. The van der Waals surface area contributed by atoms with E-state index in [1.165, 1.54) is 6.08 Å². The summed E-state index contributed by atoms with van der Waals surface area (Å²) in [4.78, 5) is 23.7. The molecule has 0 radical (unpaired) electrons. The van der Waals surface area contributed by atoms with E-state index in [1.807, 2.05) is 30.3 Å². The van der Waals surface area contributed by atoms with Crippen molar-refractivity contribution in [1.82, 2.24) is 10.6 Å². The summed E-state index contributed by atoms with van der Waals surface area (Å²) in [5.41, 5.74) is -0.561. The smallest absolute Gasteiger partial charge is 0.408 e. The number of rotatable bonds is 10. The third kappa shape index (κ3) is 7.02. The minimum atomic E-state index is -1.40. The number of carboxylic acids is 1. The Labute approximate surface area is 148 Å². The Morgan fingerprint density at radius 1 is 1.33 bits per heavy atom. The second kappa shape index (κ2) is 11.5. The van der Waals surface area contributed by atoms with Crippen LogP contribution < -0.4 is 10.6 Å². The van der Waals surface area contributed by atoms with E-state index in [0.29, 0.717) is 13.0 Å². The van der Waals surface area contributed by atoms with E-state index < -0.39 is 17.6 Å². The lowest BCUT2D eigenvalue weighted by atomic mass is 9.89. The van der Waals surface area contributed by atoms with E-state index in [-0.39, 0.29) is 31.9 Å². The molecule has 0 bridgehead atoms. The SMILES string of the molecule is C=CC[C@](CCCNC)(NC(=O)OCc1ccccc1)C(=O)O.Cl. The van der Waals surface area contributed by atoms with Crippen LogP contribution in [-0.2, 0) is 16.1 Å². The summed E-state index contributed by atoms with van der Waals surface area (Å²) < 4.78 is 5.12. The molecule has 0 aliphatic rings. The molecular weight excluding hydrogens is 332 g/mol. The van der Waals surface area contributed by atoms with E-state index in [4.69, 9.17) is 4.74 Å². The Morgan fingerprint density at radius 3 is 2.54 bits per heavy atom. The van der Waals surface area contributed by atoms with E-state index >= 15 is 0 Å². The van der Waals surface area contributed by atoms with Gasteiger partial charge in [0.1, 0.15) is 12.1 Å². The Balaban J connectivity index is 0.00000529. The van der Waals surface area contributed by atoms with Crippen molar-refractivity contribution in [1.29, 1.82) is 0 Å². The fourth-order valence-electron chi connectivity index (χ4n) is 2.23. The second-order valence-electron chi connectivity index (χ2n) is 5.27. The molecule has 1 rings (SSSR count). The van der Waals surface area contributed by atoms with Crippen LogP contribution in [0.25, 0.3) is 0 Å². The summed E-state index contributed by atoms with van der Waals surface area (Å²) in [7, 11) is 1.79. The summed E-state index contributed by atoms with van der Waals surface area (Å²) in [5.74, 6) is -1.09. The quantitative estimate of drug-likeness (QED) is 0.443. The molecule has 0 spiro atoms. The Morgan fingerprint density at radius 2 is 2.00 bits per heavy atom. The zero-order chi connectivity index (χ0) is 17.1. The van der Waals surface area contributed by atoms with E-state index in [2.05, 4.69) is 17.2 Å². The van der Waals surface area contributed by atoms with Crippen LogP contribution >= 0.6 is 12.4 Å². The number of carbonyl (C=O) groups is 2. The molecule has 24 heavy (non-hydrogen) atoms. The first-order chi connectivity index (χ1) is 11.0. The van der Waals surface area contributed by atoms with Crippen LogP contribution in [0.1, 0.15) is 24.8 Å². The molecule has 1 aromatic carbocycles. The first-order valence-corrected chi connectivity index (χ1v) is 7.52. The normalized spacial score (nSPS) is 12.4. The van der Waals surface area contributed by atoms with E-state index in [1.54, 1.807) is 7.05 Å². The third-order valence-electron chi connectivity index (χ3n) is 3.49. The number of carbonyl (C=O) groups excluding carboxylic acids is 1. The highest BCUT2D eigenvalue weighted by Gasteiger charge is 2.38. The largest absolute Gasteiger partial charge is 0.479 e. The van der Waals surface area contributed by atoms with Crippen molar-refractivity contribution in [3.63, 3.8) is 0 Å². The first kappa shape index (κ1) is 21.9. The molecule has 0 aromatic heterocycles. The highest BCUT2D eigenvalue weighted by atomic mass is 35.5. The summed E-state index contributed by atoms with van der Waals surface area (Å²) in [5, 5.41) is 15.0. The number of carboxylic acid groups (broad SMARTS) is 1. The predicted octanol–water partition coefficient (Wildman–Crippen LogP) is 2.73. The highest BCUT2D eigenvalue weighted by molar-refractivity contribution is 5.85. The zero-order valence-corrected chi connectivity index (χ0v) is 14.6. The van der Waals surface area contributed by atoms with Crippen molar-refractivity contribution in [3.05, 3.63) is 48.6 Å². The molecule has 0 saturated carbocycles. The molecule has 1 aromatic rings. The fourth-order valence-corrected chi connectivity index (χ4v) is 2.23. The average molecular weight is 357 g/mol. The van der Waals surface area contributed by atoms with Crippen LogP contribution in [0.4, 0.5) is 4.79 Å². The summed E-state index contributed by atoms with van der Waals surface area (Å²) in [6.07, 6.45) is 1.77. The lowest BCUT2D eigenvalue weighted by Gasteiger charge is -2.29. The predicted molar refractivity (Wildman–Crippen MR) is 95.4 cm³/mol. The van der Waals surface area contributed by atoms with Crippen molar-refractivity contribution < 1.29 is 19.4 Å². The van der Waals surface area contributed by atoms with Gasteiger partial charge in [-0.15, -0.1) is 19.0 Å². The van der Waals surface area contributed by atoms with Crippen molar-refractivity contribution in [2.45, 2.75) is 31.4 Å². The van der Waals surface area contributed by atoms with E-state index in [0.717, 1.165) is 5.56 Å². The van der Waals surface area contributed by atoms with Crippen molar-refractivity contribution in [2.24, 2.45) is 0 Å². The van der Waals surface area contributed by atoms with E-state index in [9.17, 15) is 14.7 Å². The number of benzene rings is 1. The molecule has 0 aliphatic heterocycles. The summed E-state index contributed by atoms with van der Waals surface area (Å²) in [6.45, 7) is 4.34. The number of halogens is 1. The molecule has 0 heterocycles. The number of nitrogens with one attached hydrogen (secondary N) is 2. The van der Waals surface area contributed by atoms with Crippen LogP contribution in [0.3, 0.4) is 0 Å². The molecule has 7 heteroatoms. The Bertz CT molecular complexity index is 525. The lowest BCUT2D eigenvalue weighted by Crippen LogP contribution is -2.54. The molecule has 0 unspecified atom stereocenters. The molecular formula is C17H25ClN2O4. The topological polar surface area (TPSA) is 87.7 Å². The number of hydrogen-bond acceptors (Lipinski definition) is 4. The average Bonchev–Trinajstić information content (AvgIpc) is 2.54. The molecule has 0 fully saturated rings. The lowest BCUT2D eigenvalue weighted by molar-refractivity contribution is -0.145. The highest BCUT2D eigenvalue weighted by Crippen LogP contribution is 2.19. The van der Waals surface area contributed by atoms with Gasteiger partial charge in [-0.3, -0.25) is 0 Å². The number of aliphatic carboxylic acids is 1. The first-order valence-electron chi connectivity index (χ1n) is 7.52. The number of ether oxygens (including phenoxy) is 1. The van der Waals surface area contributed by atoms with Gasteiger partial charge in [0.25, 0.3) is 0 Å². The van der Waals surface area contributed by atoms with Gasteiger partial charge in [-0.2, -0.15) is 0 Å². The van der Waals surface area contributed by atoms with Gasteiger partial charge >= 0.3 is 12.1 Å². The van der Waals surface area contributed by atoms with Gasteiger partial charge in [0.15, 0.2) is 0 Å². The molecule has 0 saturated heterocycles. The number of amides is 1. The van der Waals surface area contributed by atoms with Crippen LogP contribution in [0.15, 0.2) is 43.0 Å². The minimum Gasteiger partial charge on any atom is -0.479 e. The van der Waals surface area contributed by atoms with Gasteiger partial charge in [0.2, 0.25) is 0 Å². The van der Waals surface area contributed by atoms with Crippen LogP contribution in [0, 0.1) is 0 Å². The number of hydrogen-bond donors (Lipinski definition) is 3. The van der Waals surface area contributed by atoms with Crippen molar-refractivity contribution >= 4 is 24.5 Å². The maximum absolute atomic E-state index is 12.0. The van der Waals surface area contributed by atoms with Gasteiger partial charge in [-0.05, 0) is 38.4 Å². The maximum atomic E-state index is 12.0. The summed E-state index contributed by atoms with van der Waals surface area (Å²) >= 11 is 0. The Kier molecular flexibility index (Phi) is 10.5. The minimum absolute atomic E-state index is 0. The van der Waals surface area contributed by atoms with Crippen LogP contribution in [0.5, 0.6) is 0 Å². The molecule has 134 valence electrons. The van der Waals surface area contributed by atoms with Gasteiger partial charge in [0.05, 0.1) is 0 Å². The standard InChI is InChI=1S/C17H24N2O4.ClH/c1-3-10-17(15(20)21,11-7-12-18-2)19-16(22)23-13-14-8-5-4-6-9-14;/h3-6,8-9,18H,1,7,10-13H2,2H3,(H,19,22)(H,20,21);1H/t17-;/m1./s1. The molecule has 3 N–H and O–H groups in total. The van der Waals surface area contributed by atoms with Crippen molar-refractivity contribution in [2.75, 3.05) is 13.6 Å². The van der Waals surface area contributed by atoms with Gasteiger partial charge in [-0.1, -0.05) is 36.4 Å². The van der Waals surface area contributed by atoms with Crippen molar-refractivity contribution in [3.8, 4) is 0 Å². The monoisotopic (exact) mass is 356 g/mol. The Hall–Kier alpha value is -2.05. The van der Waals surface area contributed by atoms with Gasteiger partial charge < -0.3 is 20.5 Å². The zero-order valence-electron chi connectivity index (χ0n) is 13.8. The number of alkyl carbamates (subject to hydrolysis) is 1. The molecule has 1 amide bonds. The van der Waals surface area contributed by atoms with Crippen LogP contribution in [-0.4, -0.2) is 36.3 Å². The summed E-state index contributed by atoms with van der Waals surface area (Å²) in [6, 6.07) is 9.20. The molecule has 0 aliphatic carbocycles. The molecule has 6 nitrogen and oxygen atoms in total. The van der Waals surface area contributed by atoms with Gasteiger partial charge in [-0.25, -0.2) is 9.59 Å². The van der Waals surface area contributed by atoms with Gasteiger partial charge in [0, 0.05) is 0 Å².